The smallest absolute Gasteiger partial charge is 0.270 e. The Bertz CT molecular complexity index is 702. The van der Waals surface area contributed by atoms with Crippen LogP contribution in [0.2, 0.25) is 0 Å². The van der Waals surface area contributed by atoms with Crippen molar-refractivity contribution in [2.45, 2.75) is 12.8 Å². The molecule has 6 heteroatoms. The van der Waals surface area contributed by atoms with E-state index in [2.05, 4.69) is 20.9 Å². The molecule has 0 aliphatic carbocycles. The van der Waals surface area contributed by atoms with Crippen LogP contribution in [0.3, 0.4) is 0 Å². The molecule has 2 aromatic rings. The van der Waals surface area contributed by atoms with Crippen molar-refractivity contribution in [2.75, 3.05) is 13.1 Å². The molecule has 3 rings (SSSR count). The van der Waals surface area contributed by atoms with E-state index < -0.39 is 0 Å². The number of nitrogens with two attached hydrogens (primary N) is 1. The van der Waals surface area contributed by atoms with Crippen molar-refractivity contribution in [1.82, 2.24) is 9.88 Å². The predicted molar refractivity (Wildman–Crippen MR) is 83.8 cm³/mol. The summed E-state index contributed by atoms with van der Waals surface area (Å²) in [7, 11) is 0. The second-order valence-corrected chi connectivity index (χ2v) is 6.30. The number of carbonyl (C=O) groups excluding carboxylic acids is 2. The minimum atomic E-state index is -0.266. The Labute approximate surface area is 130 Å². The van der Waals surface area contributed by atoms with Gasteiger partial charge in [0.2, 0.25) is 5.91 Å². The maximum Gasteiger partial charge on any atom is 0.270 e. The highest BCUT2D eigenvalue weighted by molar-refractivity contribution is 9.10. The molecule has 3 N–H and O–H groups in total. The van der Waals surface area contributed by atoms with Gasteiger partial charge in [0.25, 0.3) is 5.91 Å². The normalized spacial score (nSPS) is 16.3. The van der Waals surface area contributed by atoms with Crippen molar-refractivity contribution in [2.24, 2.45) is 11.7 Å². The minimum Gasteiger partial charge on any atom is -0.369 e. The number of halogens is 1. The molecule has 5 nitrogen and oxygen atoms in total. The summed E-state index contributed by atoms with van der Waals surface area (Å²) in [6.45, 7) is 1.15. The van der Waals surface area contributed by atoms with Crippen molar-refractivity contribution >= 4 is 38.6 Å². The zero-order chi connectivity index (χ0) is 15.0. The van der Waals surface area contributed by atoms with E-state index in [0.717, 1.165) is 15.4 Å². The van der Waals surface area contributed by atoms with Crippen LogP contribution in [-0.4, -0.2) is 34.8 Å². The number of rotatable bonds is 2. The van der Waals surface area contributed by atoms with Crippen molar-refractivity contribution in [3.63, 3.8) is 0 Å². The number of hydrogen-bond donors (Lipinski definition) is 2. The Morgan fingerprint density at radius 3 is 2.62 bits per heavy atom. The number of likely N-dealkylation sites (tertiary alicyclic amines) is 1. The third-order valence-corrected chi connectivity index (χ3v) is 4.49. The average molecular weight is 350 g/mol. The molecule has 0 atom stereocenters. The van der Waals surface area contributed by atoms with Gasteiger partial charge in [-0.05, 0) is 37.1 Å². The summed E-state index contributed by atoms with van der Waals surface area (Å²) in [5, 5.41) is 1.000. The van der Waals surface area contributed by atoms with E-state index in [1.165, 1.54) is 0 Å². The fourth-order valence-electron chi connectivity index (χ4n) is 2.76. The van der Waals surface area contributed by atoms with E-state index >= 15 is 0 Å². The number of aromatic nitrogens is 1. The van der Waals surface area contributed by atoms with E-state index in [1.54, 1.807) is 4.90 Å². The van der Waals surface area contributed by atoms with Gasteiger partial charge >= 0.3 is 0 Å². The lowest BCUT2D eigenvalue weighted by atomic mass is 9.96. The van der Waals surface area contributed by atoms with E-state index in [9.17, 15) is 9.59 Å². The van der Waals surface area contributed by atoms with Crippen molar-refractivity contribution < 1.29 is 9.59 Å². The maximum atomic E-state index is 12.5. The summed E-state index contributed by atoms with van der Waals surface area (Å²) >= 11 is 3.42. The lowest BCUT2D eigenvalue weighted by Crippen LogP contribution is -2.41. The predicted octanol–water partition coefficient (Wildman–Crippen LogP) is 2.27. The summed E-state index contributed by atoms with van der Waals surface area (Å²) in [6, 6.07) is 7.71. The van der Waals surface area contributed by atoms with Crippen LogP contribution in [0.1, 0.15) is 23.3 Å². The fraction of sp³-hybridized carbons (Fsp3) is 0.333. The number of nitrogens with zero attached hydrogens (tertiary/aromatic N) is 1. The number of H-pyrrole nitrogens is 1. The van der Waals surface area contributed by atoms with Gasteiger partial charge in [-0.1, -0.05) is 15.9 Å². The summed E-state index contributed by atoms with van der Waals surface area (Å²) in [5.41, 5.74) is 6.83. The third-order valence-electron chi connectivity index (χ3n) is 4.00. The van der Waals surface area contributed by atoms with E-state index in [0.29, 0.717) is 31.6 Å². The molecular formula is C15H16BrN3O2. The molecule has 1 fully saturated rings. The molecule has 1 aromatic carbocycles. The number of nitrogens with one attached hydrogen (secondary N) is 1. The van der Waals surface area contributed by atoms with Gasteiger partial charge in [0.1, 0.15) is 5.69 Å². The molecular weight excluding hydrogens is 334 g/mol. The van der Waals surface area contributed by atoms with Gasteiger partial charge < -0.3 is 15.6 Å². The van der Waals surface area contributed by atoms with E-state index in [4.69, 9.17) is 5.73 Å². The Kier molecular flexibility index (Phi) is 3.71. The molecule has 1 aliphatic heterocycles. The molecule has 1 saturated heterocycles. The number of fused-ring (bicyclic) bond motifs is 1. The van der Waals surface area contributed by atoms with Crippen LogP contribution >= 0.6 is 15.9 Å². The SMILES string of the molecule is NC(=O)C1CCN(C(=O)c2cc3cc(Br)ccc3[nH]2)CC1. The summed E-state index contributed by atoms with van der Waals surface area (Å²) in [5.74, 6) is -0.393. The number of piperidine rings is 1. The van der Waals surface area contributed by atoms with Crippen LogP contribution in [0.25, 0.3) is 10.9 Å². The van der Waals surface area contributed by atoms with Gasteiger partial charge in [-0.2, -0.15) is 0 Å². The van der Waals surface area contributed by atoms with Crippen LogP contribution in [0.5, 0.6) is 0 Å². The van der Waals surface area contributed by atoms with Crippen LogP contribution in [0.15, 0.2) is 28.7 Å². The molecule has 0 saturated carbocycles. The highest BCUT2D eigenvalue weighted by Crippen LogP contribution is 2.23. The fourth-order valence-corrected chi connectivity index (χ4v) is 3.13. The zero-order valence-corrected chi connectivity index (χ0v) is 13.0. The van der Waals surface area contributed by atoms with Crippen molar-refractivity contribution in [1.29, 1.82) is 0 Å². The number of aromatic amines is 1. The Morgan fingerprint density at radius 2 is 1.95 bits per heavy atom. The number of primary amides is 1. The largest absolute Gasteiger partial charge is 0.369 e. The van der Waals surface area contributed by atoms with Crippen LogP contribution in [-0.2, 0) is 4.79 Å². The second-order valence-electron chi connectivity index (χ2n) is 5.38. The molecule has 2 amide bonds. The van der Waals surface area contributed by atoms with Crippen LogP contribution in [0.4, 0.5) is 0 Å². The first-order chi connectivity index (χ1) is 10.0. The third kappa shape index (κ3) is 2.81. The number of amides is 2. The molecule has 0 unspecified atom stereocenters. The summed E-state index contributed by atoms with van der Waals surface area (Å²) in [6.07, 6.45) is 1.29. The molecule has 2 heterocycles. The van der Waals surface area contributed by atoms with E-state index in [-0.39, 0.29) is 17.7 Å². The van der Waals surface area contributed by atoms with Gasteiger partial charge in [0, 0.05) is 34.4 Å². The van der Waals surface area contributed by atoms with E-state index in [1.807, 2.05) is 24.3 Å². The zero-order valence-electron chi connectivity index (χ0n) is 11.4. The molecule has 0 radical (unpaired) electrons. The monoisotopic (exact) mass is 349 g/mol. The number of benzene rings is 1. The van der Waals surface area contributed by atoms with Gasteiger partial charge in [-0.15, -0.1) is 0 Å². The first-order valence-electron chi connectivity index (χ1n) is 6.91. The standard InChI is InChI=1S/C15H16BrN3O2/c16-11-1-2-12-10(7-11)8-13(18-12)15(21)19-5-3-9(4-6-19)14(17)20/h1-2,7-9,18H,3-6H2,(H2,17,20). The summed E-state index contributed by atoms with van der Waals surface area (Å²) < 4.78 is 0.982. The van der Waals surface area contributed by atoms with Gasteiger partial charge in [0.05, 0.1) is 0 Å². The van der Waals surface area contributed by atoms with Crippen LogP contribution in [0, 0.1) is 5.92 Å². The topological polar surface area (TPSA) is 79.2 Å². The quantitative estimate of drug-likeness (QED) is 0.871. The van der Waals surface area contributed by atoms with Crippen LogP contribution < -0.4 is 5.73 Å². The van der Waals surface area contributed by atoms with Crippen molar-refractivity contribution in [3.8, 4) is 0 Å². The molecule has 1 aromatic heterocycles. The Balaban J connectivity index is 1.76. The molecule has 0 bridgehead atoms. The Morgan fingerprint density at radius 1 is 1.24 bits per heavy atom. The highest BCUT2D eigenvalue weighted by atomic mass is 79.9. The first kappa shape index (κ1) is 14.1. The number of carbonyl (C=O) groups is 2. The second kappa shape index (κ2) is 5.52. The average Bonchev–Trinajstić information content (AvgIpc) is 2.89. The van der Waals surface area contributed by atoms with Gasteiger partial charge in [-0.25, -0.2) is 0 Å². The maximum absolute atomic E-state index is 12.5. The molecule has 0 spiro atoms. The molecule has 1 aliphatic rings. The van der Waals surface area contributed by atoms with Gasteiger partial charge in [0.15, 0.2) is 0 Å². The van der Waals surface area contributed by atoms with Crippen molar-refractivity contribution in [3.05, 3.63) is 34.4 Å². The lowest BCUT2D eigenvalue weighted by Gasteiger charge is -2.30. The minimum absolute atomic E-state index is 0.0229. The summed E-state index contributed by atoms with van der Waals surface area (Å²) in [4.78, 5) is 28.6. The first-order valence-corrected chi connectivity index (χ1v) is 7.71. The molecule has 110 valence electrons. The number of hydrogen-bond acceptors (Lipinski definition) is 2. The lowest BCUT2D eigenvalue weighted by molar-refractivity contribution is -0.123. The van der Waals surface area contributed by atoms with Gasteiger partial charge in [-0.3, -0.25) is 9.59 Å². The molecule has 21 heavy (non-hydrogen) atoms. The highest BCUT2D eigenvalue weighted by Gasteiger charge is 2.27. The Hall–Kier alpha value is -1.82.